The van der Waals surface area contributed by atoms with Gasteiger partial charge in [-0.05, 0) is 30.3 Å². The number of esters is 1. The largest absolute Gasteiger partial charge is 0.454 e. The van der Waals surface area contributed by atoms with Gasteiger partial charge in [-0.2, -0.15) is 0 Å². The Hall–Kier alpha value is -3.31. The van der Waals surface area contributed by atoms with E-state index < -0.39 is 28.5 Å². The van der Waals surface area contributed by atoms with Crippen molar-refractivity contribution in [2.24, 2.45) is 0 Å². The van der Waals surface area contributed by atoms with E-state index in [1.54, 1.807) is 18.2 Å². The standard InChI is InChI=1S/C18H19N5O5S/c1-22(2)29(26,27)14-7-5-6-13(10-14)19-17(24)12-28-18(25)11-23-16-9-4-3-8-15(16)20-21-23/h3-10H,11-12H2,1-2H3,(H,19,24). The summed E-state index contributed by atoms with van der Waals surface area (Å²) >= 11 is 0. The van der Waals surface area contributed by atoms with E-state index in [1.807, 2.05) is 6.07 Å². The van der Waals surface area contributed by atoms with Crippen molar-refractivity contribution in [3.05, 3.63) is 48.5 Å². The van der Waals surface area contributed by atoms with Crippen molar-refractivity contribution in [3.8, 4) is 0 Å². The molecule has 0 atom stereocenters. The second-order valence-electron chi connectivity index (χ2n) is 6.26. The minimum Gasteiger partial charge on any atom is -0.454 e. The molecule has 0 fully saturated rings. The first kappa shape index (κ1) is 20.4. The van der Waals surface area contributed by atoms with Gasteiger partial charge in [0.2, 0.25) is 10.0 Å². The number of anilines is 1. The molecule has 1 amide bonds. The lowest BCUT2D eigenvalue weighted by atomic mass is 10.3. The van der Waals surface area contributed by atoms with Crippen LogP contribution >= 0.6 is 0 Å². The maximum absolute atomic E-state index is 12.2. The van der Waals surface area contributed by atoms with E-state index in [0.29, 0.717) is 11.0 Å². The molecule has 0 saturated carbocycles. The summed E-state index contributed by atoms with van der Waals surface area (Å²) in [6.45, 7) is -0.708. The van der Waals surface area contributed by atoms with Crippen LogP contribution in [0.1, 0.15) is 0 Å². The van der Waals surface area contributed by atoms with Gasteiger partial charge in [0, 0.05) is 19.8 Å². The smallest absolute Gasteiger partial charge is 0.328 e. The van der Waals surface area contributed by atoms with E-state index >= 15 is 0 Å². The number of carbonyl (C=O) groups is 2. The summed E-state index contributed by atoms with van der Waals surface area (Å²) in [5.41, 5.74) is 1.59. The third-order valence-electron chi connectivity index (χ3n) is 3.96. The number of para-hydroxylation sites is 1. The van der Waals surface area contributed by atoms with Crippen LogP contribution in [-0.4, -0.2) is 60.3 Å². The number of amides is 1. The van der Waals surface area contributed by atoms with Crippen LogP contribution in [0.15, 0.2) is 53.4 Å². The molecule has 10 nitrogen and oxygen atoms in total. The monoisotopic (exact) mass is 417 g/mol. The summed E-state index contributed by atoms with van der Waals surface area (Å²) < 4.78 is 31.7. The highest BCUT2D eigenvalue weighted by Crippen LogP contribution is 2.18. The molecular formula is C18H19N5O5S. The van der Waals surface area contributed by atoms with Gasteiger partial charge in [0.05, 0.1) is 10.4 Å². The van der Waals surface area contributed by atoms with Gasteiger partial charge in [-0.1, -0.05) is 23.4 Å². The molecule has 1 aromatic heterocycles. The molecule has 0 radical (unpaired) electrons. The van der Waals surface area contributed by atoms with E-state index in [2.05, 4.69) is 15.6 Å². The quantitative estimate of drug-likeness (QED) is 0.566. The van der Waals surface area contributed by atoms with Crippen LogP contribution in [0.2, 0.25) is 0 Å². The molecule has 0 spiro atoms. The van der Waals surface area contributed by atoms with E-state index in [9.17, 15) is 18.0 Å². The lowest BCUT2D eigenvalue weighted by Gasteiger charge is -2.12. The van der Waals surface area contributed by atoms with Gasteiger partial charge in [0.1, 0.15) is 12.1 Å². The number of aromatic nitrogens is 3. The Morgan fingerprint density at radius 1 is 1.14 bits per heavy atom. The highest BCUT2D eigenvalue weighted by molar-refractivity contribution is 7.89. The summed E-state index contributed by atoms with van der Waals surface area (Å²) in [6, 6.07) is 12.9. The lowest BCUT2D eigenvalue weighted by Crippen LogP contribution is -2.24. The van der Waals surface area contributed by atoms with Crippen LogP contribution in [0.3, 0.4) is 0 Å². The normalized spacial score (nSPS) is 11.6. The fourth-order valence-corrected chi connectivity index (χ4v) is 3.44. The molecule has 0 aliphatic rings. The second kappa shape index (κ2) is 8.37. The predicted molar refractivity (Wildman–Crippen MR) is 104 cm³/mol. The van der Waals surface area contributed by atoms with Crippen molar-refractivity contribution in [2.45, 2.75) is 11.4 Å². The molecule has 29 heavy (non-hydrogen) atoms. The Kier molecular flexibility index (Phi) is 5.89. The number of fused-ring (bicyclic) bond motifs is 1. The van der Waals surface area contributed by atoms with E-state index in [1.165, 1.54) is 43.0 Å². The molecule has 2 aromatic carbocycles. The van der Waals surface area contributed by atoms with E-state index in [0.717, 1.165) is 4.31 Å². The molecule has 3 rings (SSSR count). The van der Waals surface area contributed by atoms with Gasteiger partial charge in [0.25, 0.3) is 5.91 Å². The fourth-order valence-electron chi connectivity index (χ4n) is 2.49. The van der Waals surface area contributed by atoms with Gasteiger partial charge in [-0.15, -0.1) is 5.10 Å². The maximum Gasteiger partial charge on any atom is 0.328 e. The van der Waals surface area contributed by atoms with E-state index in [-0.39, 0.29) is 17.1 Å². The van der Waals surface area contributed by atoms with Crippen LogP contribution < -0.4 is 5.32 Å². The number of nitrogens with one attached hydrogen (secondary N) is 1. The molecular weight excluding hydrogens is 398 g/mol. The number of hydrogen-bond donors (Lipinski definition) is 1. The van der Waals surface area contributed by atoms with Gasteiger partial charge < -0.3 is 10.1 Å². The number of sulfonamides is 1. The Balaban J connectivity index is 1.57. The molecule has 11 heteroatoms. The third-order valence-corrected chi connectivity index (χ3v) is 5.77. The molecule has 3 aromatic rings. The van der Waals surface area contributed by atoms with Gasteiger partial charge in [-0.3, -0.25) is 9.59 Å². The molecule has 0 saturated heterocycles. The number of nitrogens with zero attached hydrogens (tertiary/aromatic N) is 4. The first-order valence-corrected chi connectivity index (χ1v) is 9.97. The van der Waals surface area contributed by atoms with Crippen molar-refractivity contribution >= 4 is 38.6 Å². The molecule has 1 N–H and O–H groups in total. The number of rotatable bonds is 7. The number of hydrogen-bond acceptors (Lipinski definition) is 7. The van der Waals surface area contributed by atoms with Crippen LogP contribution in [0.5, 0.6) is 0 Å². The average Bonchev–Trinajstić information content (AvgIpc) is 3.09. The number of carbonyl (C=O) groups excluding carboxylic acids is 2. The summed E-state index contributed by atoms with van der Waals surface area (Å²) in [7, 11) is -0.797. The lowest BCUT2D eigenvalue weighted by molar-refractivity contribution is -0.148. The zero-order valence-corrected chi connectivity index (χ0v) is 16.6. The highest BCUT2D eigenvalue weighted by atomic mass is 32.2. The van der Waals surface area contributed by atoms with E-state index in [4.69, 9.17) is 4.74 Å². The molecule has 0 bridgehead atoms. The van der Waals surface area contributed by atoms with Crippen LogP contribution in [0.25, 0.3) is 11.0 Å². The second-order valence-corrected chi connectivity index (χ2v) is 8.41. The zero-order valence-electron chi connectivity index (χ0n) is 15.8. The van der Waals surface area contributed by atoms with Crippen molar-refractivity contribution in [1.29, 1.82) is 0 Å². The van der Waals surface area contributed by atoms with Gasteiger partial charge in [0.15, 0.2) is 6.61 Å². The molecule has 1 heterocycles. The number of ether oxygens (including phenoxy) is 1. The Morgan fingerprint density at radius 2 is 1.90 bits per heavy atom. The number of benzene rings is 2. The minimum absolute atomic E-state index is 0.0374. The summed E-state index contributed by atoms with van der Waals surface area (Å²) in [5, 5.41) is 10.3. The molecule has 152 valence electrons. The Labute approximate surface area is 167 Å². The van der Waals surface area contributed by atoms with Crippen LogP contribution in [0.4, 0.5) is 5.69 Å². The molecule has 0 unspecified atom stereocenters. The third kappa shape index (κ3) is 4.76. The van der Waals surface area contributed by atoms with Crippen LogP contribution in [-0.2, 0) is 30.9 Å². The zero-order chi connectivity index (χ0) is 21.0. The first-order valence-electron chi connectivity index (χ1n) is 8.53. The summed E-state index contributed by atoms with van der Waals surface area (Å²) in [6.07, 6.45) is 0. The topological polar surface area (TPSA) is 123 Å². The highest BCUT2D eigenvalue weighted by Gasteiger charge is 2.18. The summed E-state index contributed by atoms with van der Waals surface area (Å²) in [5.74, 6) is -1.25. The van der Waals surface area contributed by atoms with Gasteiger partial charge in [-0.25, -0.2) is 17.4 Å². The molecule has 0 aliphatic heterocycles. The summed E-state index contributed by atoms with van der Waals surface area (Å²) in [4.78, 5) is 24.1. The first-order chi connectivity index (χ1) is 13.8. The average molecular weight is 417 g/mol. The Bertz CT molecular complexity index is 1160. The van der Waals surface area contributed by atoms with Crippen molar-refractivity contribution in [1.82, 2.24) is 19.3 Å². The SMILES string of the molecule is CN(C)S(=O)(=O)c1cccc(NC(=O)COC(=O)Cn2nnc3ccccc32)c1. The fraction of sp³-hybridized carbons (Fsp3) is 0.222. The Morgan fingerprint density at radius 3 is 2.66 bits per heavy atom. The van der Waals surface area contributed by atoms with Crippen LogP contribution in [0, 0.1) is 0 Å². The molecule has 0 aliphatic carbocycles. The predicted octanol–water partition coefficient (Wildman–Crippen LogP) is 0.864. The van der Waals surface area contributed by atoms with Gasteiger partial charge >= 0.3 is 5.97 Å². The van der Waals surface area contributed by atoms with Crippen molar-refractivity contribution < 1.29 is 22.7 Å². The minimum atomic E-state index is -3.63. The maximum atomic E-state index is 12.2. The van der Waals surface area contributed by atoms with Crippen molar-refractivity contribution in [3.63, 3.8) is 0 Å². The van der Waals surface area contributed by atoms with Crippen molar-refractivity contribution in [2.75, 3.05) is 26.0 Å².